The van der Waals surface area contributed by atoms with Crippen LogP contribution in [0.2, 0.25) is 0 Å². The number of thioether (sulfide) groups is 1. The lowest BCUT2D eigenvalue weighted by Crippen LogP contribution is -2.20. The molecule has 0 aromatic carbocycles. The Balaban J connectivity index is 2.75. The molecule has 0 aromatic heterocycles. The van der Waals surface area contributed by atoms with Gasteiger partial charge < -0.3 is 9.84 Å². The molecule has 0 amide bonds. The standard InChI is InChI=1S/C8H12O3S/c1-8(2,3)11-6-5(9)4-12-7(6)10/h9H,4H2,1-3H3. The van der Waals surface area contributed by atoms with Gasteiger partial charge in [-0.05, 0) is 20.8 Å². The van der Waals surface area contributed by atoms with Crippen LogP contribution < -0.4 is 0 Å². The quantitative estimate of drug-likeness (QED) is 0.682. The number of hydrogen-bond acceptors (Lipinski definition) is 4. The van der Waals surface area contributed by atoms with Gasteiger partial charge in [0, 0.05) is 0 Å². The predicted octanol–water partition coefficient (Wildman–Crippen LogP) is 1.84. The Labute approximate surface area is 75.8 Å². The van der Waals surface area contributed by atoms with E-state index in [9.17, 15) is 9.90 Å². The van der Waals surface area contributed by atoms with Crippen LogP contribution in [-0.2, 0) is 9.53 Å². The molecule has 0 bridgehead atoms. The fourth-order valence-corrected chi connectivity index (χ4v) is 1.48. The fraction of sp³-hybridized carbons (Fsp3) is 0.625. The van der Waals surface area contributed by atoms with Crippen LogP contribution in [0.4, 0.5) is 0 Å². The van der Waals surface area contributed by atoms with E-state index >= 15 is 0 Å². The summed E-state index contributed by atoms with van der Waals surface area (Å²) in [6.45, 7) is 5.51. The Morgan fingerprint density at radius 2 is 2.08 bits per heavy atom. The highest BCUT2D eigenvalue weighted by Gasteiger charge is 2.29. The van der Waals surface area contributed by atoms with Crippen molar-refractivity contribution < 1.29 is 14.6 Å². The average molecular weight is 188 g/mol. The summed E-state index contributed by atoms with van der Waals surface area (Å²) in [4.78, 5) is 11.1. The van der Waals surface area contributed by atoms with Gasteiger partial charge in [0.1, 0.15) is 11.4 Å². The monoisotopic (exact) mass is 188 g/mol. The topological polar surface area (TPSA) is 46.5 Å². The molecule has 0 aromatic rings. The van der Waals surface area contributed by atoms with Crippen LogP contribution in [0.25, 0.3) is 0 Å². The van der Waals surface area contributed by atoms with Crippen molar-refractivity contribution in [1.82, 2.24) is 0 Å². The van der Waals surface area contributed by atoms with Crippen molar-refractivity contribution in [2.45, 2.75) is 26.4 Å². The Morgan fingerprint density at radius 1 is 1.50 bits per heavy atom. The molecule has 0 saturated heterocycles. The van der Waals surface area contributed by atoms with Crippen LogP contribution in [0.1, 0.15) is 20.8 Å². The van der Waals surface area contributed by atoms with Gasteiger partial charge in [-0.1, -0.05) is 11.8 Å². The van der Waals surface area contributed by atoms with Gasteiger partial charge in [-0.25, -0.2) is 0 Å². The van der Waals surface area contributed by atoms with Gasteiger partial charge in [-0.15, -0.1) is 0 Å². The van der Waals surface area contributed by atoms with E-state index in [0.29, 0.717) is 5.75 Å². The van der Waals surface area contributed by atoms with Crippen LogP contribution in [0.3, 0.4) is 0 Å². The molecular formula is C8H12O3S. The Kier molecular flexibility index (Phi) is 2.37. The predicted molar refractivity (Wildman–Crippen MR) is 48.0 cm³/mol. The second-order valence-corrected chi connectivity index (χ2v) is 4.51. The van der Waals surface area contributed by atoms with E-state index in [2.05, 4.69) is 0 Å². The number of aliphatic hydroxyl groups excluding tert-OH is 1. The minimum atomic E-state index is -0.427. The van der Waals surface area contributed by atoms with Crippen LogP contribution in [-0.4, -0.2) is 21.6 Å². The van der Waals surface area contributed by atoms with E-state index in [1.54, 1.807) is 0 Å². The van der Waals surface area contributed by atoms with Gasteiger partial charge >= 0.3 is 0 Å². The first-order valence-corrected chi connectivity index (χ1v) is 4.67. The van der Waals surface area contributed by atoms with E-state index < -0.39 is 5.60 Å². The number of rotatable bonds is 1. The summed E-state index contributed by atoms with van der Waals surface area (Å²) < 4.78 is 5.28. The Morgan fingerprint density at radius 3 is 2.42 bits per heavy atom. The van der Waals surface area contributed by atoms with Gasteiger partial charge in [0.25, 0.3) is 5.12 Å². The summed E-state index contributed by atoms with van der Waals surface area (Å²) in [5, 5.41) is 9.06. The van der Waals surface area contributed by atoms with Crippen molar-refractivity contribution in [1.29, 1.82) is 0 Å². The van der Waals surface area contributed by atoms with Gasteiger partial charge in [-0.2, -0.15) is 0 Å². The summed E-state index contributed by atoms with van der Waals surface area (Å²) in [5.41, 5.74) is -0.427. The van der Waals surface area contributed by atoms with E-state index in [0.717, 1.165) is 11.8 Å². The first-order valence-electron chi connectivity index (χ1n) is 3.68. The highest BCUT2D eigenvalue weighted by Crippen LogP contribution is 2.28. The van der Waals surface area contributed by atoms with Crippen molar-refractivity contribution in [3.05, 3.63) is 11.5 Å². The maximum atomic E-state index is 11.1. The molecule has 0 fully saturated rings. The highest BCUT2D eigenvalue weighted by atomic mass is 32.2. The zero-order valence-corrected chi connectivity index (χ0v) is 8.20. The zero-order chi connectivity index (χ0) is 9.35. The molecule has 68 valence electrons. The molecule has 0 unspecified atom stereocenters. The van der Waals surface area contributed by atoms with Crippen molar-refractivity contribution in [3.8, 4) is 0 Å². The van der Waals surface area contributed by atoms with Crippen molar-refractivity contribution in [2.24, 2.45) is 0 Å². The normalized spacial score (nSPS) is 18.8. The molecule has 3 nitrogen and oxygen atoms in total. The van der Waals surface area contributed by atoms with Crippen LogP contribution in [0.15, 0.2) is 11.5 Å². The first-order chi connectivity index (χ1) is 5.40. The molecule has 12 heavy (non-hydrogen) atoms. The minimum Gasteiger partial charge on any atom is -0.507 e. The van der Waals surface area contributed by atoms with Crippen LogP contribution in [0, 0.1) is 0 Å². The molecule has 4 heteroatoms. The third-order valence-electron chi connectivity index (χ3n) is 1.20. The number of carbonyl (C=O) groups is 1. The number of ether oxygens (including phenoxy) is 1. The maximum absolute atomic E-state index is 11.1. The lowest BCUT2D eigenvalue weighted by atomic mass is 10.2. The maximum Gasteiger partial charge on any atom is 0.258 e. The molecule has 1 rings (SSSR count). The SMILES string of the molecule is CC(C)(C)OC1=C(O)CSC1=O. The number of hydrogen-bond donors (Lipinski definition) is 1. The molecule has 0 saturated carbocycles. The molecule has 0 aliphatic carbocycles. The number of aliphatic hydroxyl groups is 1. The van der Waals surface area contributed by atoms with E-state index in [-0.39, 0.29) is 16.6 Å². The third-order valence-corrected chi connectivity index (χ3v) is 2.06. The van der Waals surface area contributed by atoms with E-state index in [1.807, 2.05) is 20.8 Å². The molecule has 1 aliphatic heterocycles. The summed E-state index contributed by atoms with van der Waals surface area (Å²) >= 11 is 1.07. The lowest BCUT2D eigenvalue weighted by molar-refractivity contribution is -0.113. The molecule has 0 atom stereocenters. The molecule has 1 aliphatic rings. The average Bonchev–Trinajstić information content (AvgIpc) is 2.16. The van der Waals surface area contributed by atoms with Gasteiger partial charge in [0.2, 0.25) is 5.76 Å². The third kappa shape index (κ3) is 2.17. The summed E-state index contributed by atoms with van der Waals surface area (Å²) in [7, 11) is 0. The minimum absolute atomic E-state index is 0.0555. The summed E-state index contributed by atoms with van der Waals surface area (Å²) in [6.07, 6.45) is 0. The zero-order valence-electron chi connectivity index (χ0n) is 7.38. The first kappa shape index (κ1) is 9.45. The van der Waals surface area contributed by atoms with Gasteiger partial charge in [0.05, 0.1) is 5.75 Å². The highest BCUT2D eigenvalue weighted by molar-refractivity contribution is 8.14. The van der Waals surface area contributed by atoms with Gasteiger partial charge in [-0.3, -0.25) is 4.79 Å². The molecule has 0 spiro atoms. The summed E-state index contributed by atoms with van der Waals surface area (Å²) in [6, 6.07) is 0. The summed E-state index contributed by atoms with van der Waals surface area (Å²) in [5.74, 6) is 0.511. The smallest absolute Gasteiger partial charge is 0.258 e. The van der Waals surface area contributed by atoms with Crippen molar-refractivity contribution >= 4 is 16.9 Å². The molecule has 1 heterocycles. The van der Waals surface area contributed by atoms with E-state index in [4.69, 9.17) is 4.74 Å². The van der Waals surface area contributed by atoms with Gasteiger partial charge in [0.15, 0.2) is 0 Å². The molecule has 0 radical (unpaired) electrons. The van der Waals surface area contributed by atoms with Crippen LogP contribution >= 0.6 is 11.8 Å². The molecular weight excluding hydrogens is 176 g/mol. The van der Waals surface area contributed by atoms with Crippen molar-refractivity contribution in [3.63, 3.8) is 0 Å². The Bertz CT molecular complexity index is 237. The second kappa shape index (κ2) is 3.01. The van der Waals surface area contributed by atoms with E-state index in [1.165, 1.54) is 0 Å². The second-order valence-electron chi connectivity index (χ2n) is 3.57. The Hall–Kier alpha value is -0.640. The molecule has 1 N–H and O–H groups in total. The number of carbonyl (C=O) groups excluding carboxylic acids is 1. The van der Waals surface area contributed by atoms with Crippen molar-refractivity contribution in [2.75, 3.05) is 5.75 Å². The lowest BCUT2D eigenvalue weighted by Gasteiger charge is -2.20. The van der Waals surface area contributed by atoms with Crippen LogP contribution in [0.5, 0.6) is 0 Å². The fourth-order valence-electron chi connectivity index (χ4n) is 0.790. The largest absolute Gasteiger partial charge is 0.507 e.